The zero-order valence-corrected chi connectivity index (χ0v) is 12.8. The molecule has 0 radical (unpaired) electrons. The summed E-state index contributed by atoms with van der Waals surface area (Å²) in [7, 11) is 0. The van der Waals surface area contributed by atoms with E-state index in [4.69, 9.17) is 0 Å². The number of para-hydroxylation sites is 1. The average molecular weight is 399 g/mol. The maximum atomic E-state index is 12.5. The van der Waals surface area contributed by atoms with Gasteiger partial charge in [0.2, 0.25) is 0 Å². The molecule has 106 valence electrons. The van der Waals surface area contributed by atoms with Crippen molar-refractivity contribution in [2.75, 3.05) is 0 Å². The Labute approximate surface area is 134 Å². The second kappa shape index (κ2) is 6.76. The van der Waals surface area contributed by atoms with Crippen molar-refractivity contribution in [3.8, 4) is 11.8 Å². The molecular formula is C16H9F3IN. The van der Waals surface area contributed by atoms with Gasteiger partial charge in [-0.25, -0.2) is 4.99 Å². The van der Waals surface area contributed by atoms with Crippen molar-refractivity contribution in [3.05, 3.63) is 65.7 Å². The van der Waals surface area contributed by atoms with Gasteiger partial charge in [0, 0.05) is 5.56 Å². The smallest absolute Gasteiger partial charge is 0.236 e. The van der Waals surface area contributed by atoms with Crippen LogP contribution in [0.3, 0.4) is 0 Å². The van der Waals surface area contributed by atoms with E-state index < -0.39 is 9.89 Å². The van der Waals surface area contributed by atoms with Crippen molar-refractivity contribution in [2.45, 2.75) is 6.18 Å². The highest BCUT2D eigenvalue weighted by Gasteiger charge is 2.33. The molecule has 1 nitrogen and oxygen atoms in total. The summed E-state index contributed by atoms with van der Waals surface area (Å²) in [6.45, 7) is 0. The Hall–Kier alpha value is -1.81. The van der Waals surface area contributed by atoms with Crippen LogP contribution in [0.15, 0.2) is 59.6 Å². The van der Waals surface area contributed by atoms with E-state index in [-0.39, 0.29) is 5.69 Å². The van der Waals surface area contributed by atoms with Crippen LogP contribution in [-0.4, -0.2) is 9.89 Å². The van der Waals surface area contributed by atoms with Crippen LogP contribution in [0.2, 0.25) is 0 Å². The molecule has 2 rings (SSSR count). The van der Waals surface area contributed by atoms with Crippen LogP contribution in [0.1, 0.15) is 11.1 Å². The van der Waals surface area contributed by atoms with Gasteiger partial charge in [0.05, 0.1) is 11.3 Å². The molecule has 0 aliphatic rings. The second-order valence-corrected chi connectivity index (χ2v) is 5.06. The molecule has 0 atom stereocenters. The Morgan fingerprint density at radius 3 is 2.19 bits per heavy atom. The van der Waals surface area contributed by atoms with Crippen LogP contribution in [0.4, 0.5) is 18.9 Å². The normalized spacial score (nSPS) is 11.7. The fourth-order valence-electron chi connectivity index (χ4n) is 1.51. The molecule has 0 aliphatic carbocycles. The van der Waals surface area contributed by atoms with Gasteiger partial charge < -0.3 is 0 Å². The Morgan fingerprint density at radius 1 is 0.905 bits per heavy atom. The van der Waals surface area contributed by atoms with Gasteiger partial charge in [-0.15, -0.1) is 0 Å². The quantitative estimate of drug-likeness (QED) is 0.359. The molecular weight excluding hydrogens is 390 g/mol. The minimum atomic E-state index is -4.44. The third-order valence-electron chi connectivity index (χ3n) is 2.47. The van der Waals surface area contributed by atoms with Crippen molar-refractivity contribution in [2.24, 2.45) is 4.99 Å². The number of halogens is 4. The Morgan fingerprint density at radius 2 is 1.52 bits per heavy atom. The van der Waals surface area contributed by atoms with E-state index in [2.05, 4.69) is 16.8 Å². The molecule has 0 bridgehead atoms. The molecule has 0 saturated heterocycles. The third-order valence-corrected chi connectivity index (χ3v) is 3.32. The van der Waals surface area contributed by atoms with Crippen molar-refractivity contribution < 1.29 is 13.2 Å². The van der Waals surface area contributed by atoms with Crippen LogP contribution in [0.5, 0.6) is 0 Å². The Bertz CT molecular complexity index is 710. The highest BCUT2D eigenvalue weighted by Crippen LogP contribution is 2.26. The SMILES string of the molecule is FC(F)(F)C(I)=Nc1ccccc1C#Cc1ccccc1. The van der Waals surface area contributed by atoms with E-state index in [1.54, 1.807) is 18.2 Å². The molecule has 0 amide bonds. The van der Waals surface area contributed by atoms with E-state index in [1.807, 2.05) is 30.3 Å². The fourth-order valence-corrected chi connectivity index (χ4v) is 1.77. The first-order valence-electron chi connectivity index (χ1n) is 5.94. The zero-order valence-electron chi connectivity index (χ0n) is 10.7. The lowest BCUT2D eigenvalue weighted by Gasteiger charge is -2.04. The molecule has 0 spiro atoms. The van der Waals surface area contributed by atoms with Crippen LogP contribution in [0.25, 0.3) is 0 Å². The highest BCUT2D eigenvalue weighted by atomic mass is 127. The summed E-state index contributed by atoms with van der Waals surface area (Å²) in [6, 6.07) is 15.7. The molecule has 0 unspecified atom stereocenters. The van der Waals surface area contributed by atoms with Crippen LogP contribution < -0.4 is 0 Å². The largest absolute Gasteiger partial charge is 0.439 e. The van der Waals surface area contributed by atoms with Crippen molar-refractivity contribution in [1.82, 2.24) is 0 Å². The lowest BCUT2D eigenvalue weighted by Crippen LogP contribution is -2.16. The summed E-state index contributed by atoms with van der Waals surface area (Å²) in [5, 5.41) is 0. The van der Waals surface area contributed by atoms with E-state index in [0.717, 1.165) is 5.56 Å². The molecule has 0 aliphatic heterocycles. The summed E-state index contributed by atoms with van der Waals surface area (Å²) < 4.78 is 36.7. The average Bonchev–Trinajstić information content (AvgIpc) is 2.46. The Kier molecular flexibility index (Phi) is 5.02. The summed E-state index contributed by atoms with van der Waals surface area (Å²) in [6.07, 6.45) is -4.44. The number of alkyl halides is 3. The first kappa shape index (κ1) is 15.6. The summed E-state index contributed by atoms with van der Waals surface area (Å²) in [5.74, 6) is 5.77. The van der Waals surface area contributed by atoms with Crippen molar-refractivity contribution in [3.63, 3.8) is 0 Å². The summed E-state index contributed by atoms with van der Waals surface area (Å²) >= 11 is 1.19. The molecule has 2 aromatic rings. The van der Waals surface area contributed by atoms with Crippen molar-refractivity contribution >= 4 is 32.0 Å². The number of nitrogens with zero attached hydrogens (tertiary/aromatic N) is 1. The standard InChI is InChI=1S/C16H9F3IN/c17-16(18,19)15(20)21-14-9-5-4-8-13(14)11-10-12-6-2-1-3-7-12/h1-9H. The zero-order chi connectivity index (χ0) is 15.3. The van der Waals surface area contributed by atoms with Crippen LogP contribution >= 0.6 is 22.6 Å². The number of hydrogen-bond acceptors (Lipinski definition) is 1. The van der Waals surface area contributed by atoms with Crippen LogP contribution in [0, 0.1) is 11.8 Å². The molecule has 2 aromatic carbocycles. The number of rotatable bonds is 1. The van der Waals surface area contributed by atoms with E-state index in [1.165, 1.54) is 28.7 Å². The minimum absolute atomic E-state index is 0.211. The molecule has 0 fully saturated rings. The van der Waals surface area contributed by atoms with Gasteiger partial charge in [-0.1, -0.05) is 42.2 Å². The highest BCUT2D eigenvalue weighted by molar-refractivity contribution is 14.1. The second-order valence-electron chi connectivity index (χ2n) is 4.03. The molecule has 0 heterocycles. The maximum absolute atomic E-state index is 12.5. The predicted molar refractivity (Wildman–Crippen MR) is 86.0 cm³/mol. The first-order chi connectivity index (χ1) is 9.97. The van der Waals surface area contributed by atoms with E-state index in [0.29, 0.717) is 5.56 Å². The van der Waals surface area contributed by atoms with Gasteiger partial charge in [-0.2, -0.15) is 13.2 Å². The van der Waals surface area contributed by atoms with E-state index >= 15 is 0 Å². The van der Waals surface area contributed by atoms with E-state index in [9.17, 15) is 13.2 Å². The van der Waals surface area contributed by atoms with Gasteiger partial charge >= 0.3 is 6.18 Å². The lowest BCUT2D eigenvalue weighted by molar-refractivity contribution is -0.0544. The minimum Gasteiger partial charge on any atom is -0.236 e. The fraction of sp³-hybridized carbons (Fsp3) is 0.0625. The molecule has 5 heteroatoms. The lowest BCUT2D eigenvalue weighted by atomic mass is 10.1. The molecule has 0 saturated carbocycles. The first-order valence-corrected chi connectivity index (χ1v) is 7.02. The maximum Gasteiger partial charge on any atom is 0.439 e. The summed E-state index contributed by atoms with van der Waals surface area (Å²) in [4.78, 5) is 3.62. The number of aliphatic imine (C=N–C) groups is 1. The van der Waals surface area contributed by atoms with Gasteiger partial charge in [0.1, 0.15) is 0 Å². The van der Waals surface area contributed by atoms with Gasteiger partial charge in [-0.05, 0) is 46.9 Å². The molecule has 0 aromatic heterocycles. The van der Waals surface area contributed by atoms with Crippen molar-refractivity contribution in [1.29, 1.82) is 0 Å². The monoisotopic (exact) mass is 399 g/mol. The number of hydrogen-bond donors (Lipinski definition) is 0. The third kappa shape index (κ3) is 4.60. The molecule has 21 heavy (non-hydrogen) atoms. The van der Waals surface area contributed by atoms with Gasteiger partial charge in [0.25, 0.3) is 0 Å². The van der Waals surface area contributed by atoms with Crippen LogP contribution in [-0.2, 0) is 0 Å². The predicted octanol–water partition coefficient (Wildman–Crippen LogP) is 5.11. The number of benzene rings is 2. The molecule has 0 N–H and O–H groups in total. The topological polar surface area (TPSA) is 12.4 Å². The van der Waals surface area contributed by atoms with Gasteiger partial charge in [0.15, 0.2) is 3.72 Å². The summed E-state index contributed by atoms with van der Waals surface area (Å²) in [5.41, 5.74) is 1.46. The Balaban J connectivity index is 2.37. The van der Waals surface area contributed by atoms with Gasteiger partial charge in [-0.3, -0.25) is 0 Å².